The van der Waals surface area contributed by atoms with Gasteiger partial charge in [0, 0.05) is 22.1 Å². The maximum absolute atomic E-state index is 9.64. The minimum absolute atomic E-state index is 0.0245. The van der Waals surface area contributed by atoms with Crippen LogP contribution in [0.3, 0.4) is 0 Å². The van der Waals surface area contributed by atoms with Crippen molar-refractivity contribution in [1.29, 1.82) is 5.26 Å². The zero-order valence-electron chi connectivity index (χ0n) is 21.2. The lowest BCUT2D eigenvalue weighted by Gasteiger charge is -2.36. The maximum atomic E-state index is 9.64. The van der Waals surface area contributed by atoms with Gasteiger partial charge in [-0.25, -0.2) is 9.97 Å². The van der Waals surface area contributed by atoms with Crippen molar-refractivity contribution in [2.24, 2.45) is 0 Å². The second-order valence-corrected chi connectivity index (χ2v) is 10.5. The first kappa shape index (κ1) is 22.6. The van der Waals surface area contributed by atoms with E-state index in [0.29, 0.717) is 0 Å². The SMILES string of the molecule is N#Cc1ccc2c(c1)C1(CCCCC1)c1cc(-c3cc(-c4ccccc4)nc(-c4ccccc4)n3)ccc1-2. The van der Waals surface area contributed by atoms with Gasteiger partial charge in [-0.1, -0.05) is 98.1 Å². The first-order valence-electron chi connectivity index (χ1n) is 13.4. The van der Waals surface area contributed by atoms with Crippen LogP contribution in [0.15, 0.2) is 103 Å². The molecule has 1 fully saturated rings. The predicted octanol–water partition coefficient (Wildman–Crippen LogP) is 8.58. The summed E-state index contributed by atoms with van der Waals surface area (Å²) in [6.07, 6.45) is 5.95. The molecular formula is C35H27N3. The Morgan fingerprint density at radius 3 is 1.87 bits per heavy atom. The van der Waals surface area contributed by atoms with Gasteiger partial charge in [0.05, 0.1) is 23.0 Å². The molecule has 1 aromatic heterocycles. The van der Waals surface area contributed by atoms with Crippen LogP contribution in [0.1, 0.15) is 48.8 Å². The summed E-state index contributed by atoms with van der Waals surface area (Å²) in [7, 11) is 0. The Balaban J connectivity index is 1.42. The Hall–Kier alpha value is -4.55. The van der Waals surface area contributed by atoms with E-state index in [4.69, 9.17) is 9.97 Å². The summed E-state index contributed by atoms with van der Waals surface area (Å²) in [4.78, 5) is 10.0. The molecule has 2 aliphatic carbocycles. The zero-order chi connectivity index (χ0) is 25.5. The van der Waals surface area contributed by atoms with Crippen LogP contribution in [0.25, 0.3) is 45.0 Å². The van der Waals surface area contributed by atoms with Gasteiger partial charge >= 0.3 is 0 Å². The largest absolute Gasteiger partial charge is 0.228 e. The summed E-state index contributed by atoms with van der Waals surface area (Å²) in [5.74, 6) is 0.733. The lowest BCUT2D eigenvalue weighted by Crippen LogP contribution is -2.28. The lowest BCUT2D eigenvalue weighted by atomic mass is 9.67. The fourth-order valence-corrected chi connectivity index (χ4v) is 6.49. The van der Waals surface area contributed by atoms with Crippen molar-refractivity contribution in [3.8, 4) is 51.1 Å². The Morgan fingerprint density at radius 2 is 1.18 bits per heavy atom. The van der Waals surface area contributed by atoms with E-state index in [1.165, 1.54) is 41.5 Å². The Kier molecular flexibility index (Phi) is 5.41. The maximum Gasteiger partial charge on any atom is 0.160 e. The van der Waals surface area contributed by atoms with E-state index >= 15 is 0 Å². The third-order valence-corrected chi connectivity index (χ3v) is 8.32. The van der Waals surface area contributed by atoms with Gasteiger partial charge < -0.3 is 0 Å². The lowest BCUT2D eigenvalue weighted by molar-refractivity contribution is 0.353. The number of nitriles is 1. The number of hydrogen-bond donors (Lipinski definition) is 0. The van der Waals surface area contributed by atoms with E-state index in [0.717, 1.165) is 52.3 Å². The molecule has 38 heavy (non-hydrogen) atoms. The normalized spacial score (nSPS) is 15.0. The van der Waals surface area contributed by atoms with E-state index in [9.17, 15) is 5.26 Å². The van der Waals surface area contributed by atoms with Crippen LogP contribution in [0, 0.1) is 11.3 Å². The molecule has 0 saturated heterocycles. The van der Waals surface area contributed by atoms with Crippen LogP contribution >= 0.6 is 0 Å². The summed E-state index contributed by atoms with van der Waals surface area (Å²) in [6.45, 7) is 0. The Labute approximate surface area is 223 Å². The topological polar surface area (TPSA) is 49.6 Å². The van der Waals surface area contributed by atoms with Gasteiger partial charge in [-0.15, -0.1) is 0 Å². The molecule has 3 nitrogen and oxygen atoms in total. The van der Waals surface area contributed by atoms with Crippen molar-refractivity contribution in [3.63, 3.8) is 0 Å². The standard InChI is InChI=1S/C35H27N3/c36-23-24-14-16-28-29-17-15-27(21-31(29)35(30(28)20-24)18-8-3-9-19-35)33-22-32(25-10-4-1-5-11-25)37-34(38-33)26-12-6-2-7-13-26/h1-2,4-7,10-17,20-22H,3,8-9,18-19H2. The summed E-state index contributed by atoms with van der Waals surface area (Å²) in [5, 5.41) is 9.64. The summed E-state index contributed by atoms with van der Waals surface area (Å²) < 4.78 is 0. The molecule has 3 heteroatoms. The highest BCUT2D eigenvalue weighted by atomic mass is 14.9. The molecule has 2 aliphatic rings. The molecule has 1 saturated carbocycles. The van der Waals surface area contributed by atoms with Crippen LogP contribution in [-0.2, 0) is 5.41 Å². The molecular weight excluding hydrogens is 462 g/mol. The van der Waals surface area contributed by atoms with Gasteiger partial charge in [-0.2, -0.15) is 5.26 Å². The highest BCUT2D eigenvalue weighted by molar-refractivity contribution is 5.84. The first-order valence-corrected chi connectivity index (χ1v) is 13.4. The fraction of sp³-hybridized carbons (Fsp3) is 0.171. The number of hydrogen-bond acceptors (Lipinski definition) is 3. The van der Waals surface area contributed by atoms with Gasteiger partial charge in [-0.3, -0.25) is 0 Å². The fourth-order valence-electron chi connectivity index (χ4n) is 6.49. The van der Waals surface area contributed by atoms with Crippen molar-refractivity contribution in [1.82, 2.24) is 9.97 Å². The summed E-state index contributed by atoms with van der Waals surface area (Å²) in [5.41, 5.74) is 11.1. The molecule has 1 heterocycles. The van der Waals surface area contributed by atoms with Crippen molar-refractivity contribution in [2.45, 2.75) is 37.5 Å². The van der Waals surface area contributed by atoms with E-state index in [1.54, 1.807) is 0 Å². The van der Waals surface area contributed by atoms with Crippen molar-refractivity contribution < 1.29 is 0 Å². The minimum atomic E-state index is -0.0245. The average molecular weight is 490 g/mol. The van der Waals surface area contributed by atoms with E-state index in [1.807, 2.05) is 42.5 Å². The molecule has 0 aliphatic heterocycles. The quantitative estimate of drug-likeness (QED) is 0.255. The van der Waals surface area contributed by atoms with E-state index in [2.05, 4.69) is 66.7 Å². The third kappa shape index (κ3) is 3.64. The molecule has 0 N–H and O–H groups in total. The number of aromatic nitrogens is 2. The second kappa shape index (κ2) is 9.08. The molecule has 0 unspecified atom stereocenters. The van der Waals surface area contributed by atoms with Crippen molar-refractivity contribution in [2.75, 3.05) is 0 Å². The average Bonchev–Trinajstić information content (AvgIpc) is 3.26. The van der Waals surface area contributed by atoms with Gasteiger partial charge in [0.25, 0.3) is 0 Å². The molecule has 0 radical (unpaired) electrons. The van der Waals surface area contributed by atoms with Crippen molar-refractivity contribution >= 4 is 0 Å². The van der Waals surface area contributed by atoms with Crippen LogP contribution < -0.4 is 0 Å². The molecule has 1 spiro atoms. The predicted molar refractivity (Wildman–Crippen MR) is 152 cm³/mol. The van der Waals surface area contributed by atoms with Crippen LogP contribution in [0.2, 0.25) is 0 Å². The molecule has 7 rings (SSSR count). The van der Waals surface area contributed by atoms with Crippen LogP contribution in [-0.4, -0.2) is 9.97 Å². The minimum Gasteiger partial charge on any atom is -0.228 e. The highest BCUT2D eigenvalue weighted by Gasteiger charge is 2.44. The highest BCUT2D eigenvalue weighted by Crippen LogP contribution is 2.56. The molecule has 182 valence electrons. The van der Waals surface area contributed by atoms with Gasteiger partial charge in [0.2, 0.25) is 0 Å². The molecule has 0 bridgehead atoms. The molecule has 0 atom stereocenters. The molecule has 4 aromatic carbocycles. The monoisotopic (exact) mass is 489 g/mol. The van der Waals surface area contributed by atoms with E-state index < -0.39 is 0 Å². The zero-order valence-corrected chi connectivity index (χ0v) is 21.2. The number of nitrogens with zero attached hydrogens (tertiary/aromatic N) is 3. The summed E-state index contributed by atoms with van der Waals surface area (Å²) in [6, 6.07) is 38.1. The molecule has 5 aromatic rings. The van der Waals surface area contributed by atoms with Gasteiger partial charge in [-0.05, 0) is 59.4 Å². The summed E-state index contributed by atoms with van der Waals surface area (Å²) >= 11 is 0. The van der Waals surface area contributed by atoms with Gasteiger partial charge in [0.15, 0.2) is 5.82 Å². The number of fused-ring (bicyclic) bond motifs is 5. The smallest absolute Gasteiger partial charge is 0.160 e. The van der Waals surface area contributed by atoms with Gasteiger partial charge in [0.1, 0.15) is 0 Å². The van der Waals surface area contributed by atoms with Crippen LogP contribution in [0.5, 0.6) is 0 Å². The Morgan fingerprint density at radius 1 is 0.579 bits per heavy atom. The third-order valence-electron chi connectivity index (χ3n) is 8.32. The van der Waals surface area contributed by atoms with E-state index in [-0.39, 0.29) is 5.41 Å². The number of rotatable bonds is 3. The second-order valence-electron chi connectivity index (χ2n) is 10.5. The van der Waals surface area contributed by atoms with Crippen molar-refractivity contribution in [3.05, 3.63) is 120 Å². The Bertz CT molecular complexity index is 1630. The number of benzene rings is 4. The first-order chi connectivity index (χ1) is 18.7. The van der Waals surface area contributed by atoms with Crippen LogP contribution in [0.4, 0.5) is 0 Å². The molecule has 0 amide bonds.